The molecule has 4 rings (SSSR count). The van der Waals surface area contributed by atoms with E-state index in [1.807, 2.05) is 36.1 Å². The molecule has 0 bridgehead atoms. The van der Waals surface area contributed by atoms with E-state index in [1.165, 1.54) is 0 Å². The van der Waals surface area contributed by atoms with Crippen LogP contribution in [-0.2, 0) is 0 Å². The quantitative estimate of drug-likeness (QED) is 0.898. The molecule has 1 aromatic carbocycles. The second-order valence-corrected chi connectivity index (χ2v) is 6.76. The lowest BCUT2D eigenvalue weighted by Crippen LogP contribution is -2.33. The number of carbonyl (C=O) groups is 1. The van der Waals surface area contributed by atoms with Crippen LogP contribution < -0.4 is 5.73 Å². The molecule has 7 heteroatoms. The average Bonchev–Trinajstić information content (AvgIpc) is 3.24. The van der Waals surface area contributed by atoms with Crippen molar-refractivity contribution >= 4 is 18.3 Å². The summed E-state index contributed by atoms with van der Waals surface area (Å²) in [6.45, 7) is 3.58. The molecule has 2 aliphatic rings. The highest BCUT2D eigenvalue weighted by Gasteiger charge is 2.43. The van der Waals surface area contributed by atoms with Crippen molar-refractivity contribution in [3.8, 4) is 5.69 Å². The van der Waals surface area contributed by atoms with E-state index in [2.05, 4.69) is 10.3 Å². The number of rotatable bonds is 2. The Balaban J connectivity index is 0.00000169. The molecule has 2 heterocycles. The van der Waals surface area contributed by atoms with E-state index in [0.29, 0.717) is 17.5 Å². The van der Waals surface area contributed by atoms with Crippen molar-refractivity contribution in [2.24, 2.45) is 17.6 Å². The van der Waals surface area contributed by atoms with Crippen molar-refractivity contribution in [1.82, 2.24) is 19.9 Å². The molecule has 1 aliphatic carbocycles. The van der Waals surface area contributed by atoms with Gasteiger partial charge in [0.15, 0.2) is 5.69 Å². The molecule has 1 aromatic heterocycles. The Hall–Kier alpha value is -1.92. The molecule has 3 unspecified atom stereocenters. The molecule has 1 amide bonds. The molecule has 1 saturated heterocycles. The smallest absolute Gasteiger partial charge is 0.276 e. The Morgan fingerprint density at radius 1 is 1.29 bits per heavy atom. The molecule has 1 saturated carbocycles. The number of likely N-dealkylation sites (tertiary alicyclic amines) is 1. The van der Waals surface area contributed by atoms with E-state index in [9.17, 15) is 4.79 Å². The van der Waals surface area contributed by atoms with Crippen molar-refractivity contribution in [2.75, 3.05) is 13.1 Å². The first-order valence-corrected chi connectivity index (χ1v) is 8.16. The third-order valence-corrected chi connectivity index (χ3v) is 5.18. The van der Waals surface area contributed by atoms with Crippen molar-refractivity contribution in [3.63, 3.8) is 0 Å². The maximum atomic E-state index is 12.7. The topological polar surface area (TPSA) is 77.0 Å². The minimum absolute atomic E-state index is 0. The largest absolute Gasteiger partial charge is 0.337 e. The Morgan fingerprint density at radius 2 is 2.12 bits per heavy atom. The fourth-order valence-electron chi connectivity index (χ4n) is 3.89. The van der Waals surface area contributed by atoms with Crippen LogP contribution in [0.25, 0.3) is 5.69 Å². The Morgan fingerprint density at radius 3 is 2.88 bits per heavy atom. The number of hydrogen-bond donors (Lipinski definition) is 1. The molecule has 2 N–H and O–H groups in total. The SMILES string of the molecule is Cc1cccc(-n2cc(C(=O)N3CC4CCC(N)C4C3)nn2)c1.Cl. The lowest BCUT2D eigenvalue weighted by atomic mass is 9.98. The molecule has 0 radical (unpaired) electrons. The second-order valence-electron chi connectivity index (χ2n) is 6.76. The fraction of sp³-hybridized carbons (Fsp3) is 0.471. The number of nitrogens with zero attached hydrogens (tertiary/aromatic N) is 4. The highest BCUT2D eigenvalue weighted by Crippen LogP contribution is 2.37. The molecular weight excluding hydrogens is 326 g/mol. The molecule has 2 aromatic rings. The summed E-state index contributed by atoms with van der Waals surface area (Å²) in [6, 6.07) is 8.20. The van der Waals surface area contributed by atoms with Crippen molar-refractivity contribution in [3.05, 3.63) is 41.7 Å². The number of halogens is 1. The van der Waals surface area contributed by atoms with Gasteiger partial charge in [0.05, 0.1) is 11.9 Å². The number of benzene rings is 1. The zero-order chi connectivity index (χ0) is 16.0. The van der Waals surface area contributed by atoms with Gasteiger partial charge in [-0.2, -0.15) is 0 Å². The summed E-state index contributed by atoms with van der Waals surface area (Å²) in [5.41, 5.74) is 8.61. The summed E-state index contributed by atoms with van der Waals surface area (Å²) in [6.07, 6.45) is 3.93. The highest BCUT2D eigenvalue weighted by molar-refractivity contribution is 5.92. The number of nitrogens with two attached hydrogens (primary N) is 1. The van der Waals surface area contributed by atoms with Crippen LogP contribution >= 0.6 is 12.4 Å². The number of hydrogen-bond acceptors (Lipinski definition) is 4. The average molecular weight is 348 g/mol. The monoisotopic (exact) mass is 347 g/mol. The van der Waals surface area contributed by atoms with Crippen LogP contribution in [0.1, 0.15) is 28.9 Å². The molecule has 1 aliphatic heterocycles. The van der Waals surface area contributed by atoms with Gasteiger partial charge in [-0.15, -0.1) is 17.5 Å². The molecule has 2 fully saturated rings. The summed E-state index contributed by atoms with van der Waals surface area (Å²) in [4.78, 5) is 14.6. The summed E-state index contributed by atoms with van der Waals surface area (Å²) in [5, 5.41) is 8.17. The van der Waals surface area contributed by atoms with Crippen LogP contribution in [0.2, 0.25) is 0 Å². The maximum absolute atomic E-state index is 12.7. The predicted octanol–water partition coefficient (Wildman–Crippen LogP) is 1.81. The maximum Gasteiger partial charge on any atom is 0.276 e. The van der Waals surface area contributed by atoms with Gasteiger partial charge >= 0.3 is 0 Å². The van der Waals surface area contributed by atoms with Crippen LogP contribution in [0.15, 0.2) is 30.5 Å². The van der Waals surface area contributed by atoms with Crippen LogP contribution in [-0.4, -0.2) is 44.9 Å². The van der Waals surface area contributed by atoms with Gasteiger partial charge in [-0.3, -0.25) is 4.79 Å². The normalized spacial score (nSPS) is 25.4. The van der Waals surface area contributed by atoms with Gasteiger partial charge in [0.25, 0.3) is 5.91 Å². The summed E-state index contributed by atoms with van der Waals surface area (Å²) in [7, 11) is 0. The van der Waals surface area contributed by atoms with Crippen molar-refractivity contribution in [2.45, 2.75) is 25.8 Å². The minimum Gasteiger partial charge on any atom is -0.337 e. The number of aromatic nitrogens is 3. The minimum atomic E-state index is -0.0366. The molecule has 24 heavy (non-hydrogen) atoms. The van der Waals surface area contributed by atoms with E-state index < -0.39 is 0 Å². The highest BCUT2D eigenvalue weighted by atomic mass is 35.5. The van der Waals surface area contributed by atoms with Crippen LogP contribution in [0.4, 0.5) is 0 Å². The number of carbonyl (C=O) groups excluding carboxylic acids is 1. The van der Waals surface area contributed by atoms with Crippen LogP contribution in [0, 0.1) is 18.8 Å². The van der Waals surface area contributed by atoms with Crippen LogP contribution in [0.3, 0.4) is 0 Å². The molecule has 6 nitrogen and oxygen atoms in total. The third-order valence-electron chi connectivity index (χ3n) is 5.18. The van der Waals surface area contributed by atoms with Gasteiger partial charge in [0.1, 0.15) is 0 Å². The summed E-state index contributed by atoms with van der Waals surface area (Å²) in [5.74, 6) is 0.969. The van der Waals surface area contributed by atoms with Crippen LogP contribution in [0.5, 0.6) is 0 Å². The zero-order valence-electron chi connectivity index (χ0n) is 13.6. The van der Waals surface area contributed by atoms with Gasteiger partial charge in [0.2, 0.25) is 0 Å². The van der Waals surface area contributed by atoms with Gasteiger partial charge in [-0.25, -0.2) is 4.68 Å². The number of fused-ring (bicyclic) bond motifs is 1. The molecule has 0 spiro atoms. The van der Waals surface area contributed by atoms with E-state index in [4.69, 9.17) is 5.73 Å². The van der Waals surface area contributed by atoms with E-state index in [0.717, 1.165) is 37.2 Å². The van der Waals surface area contributed by atoms with Gasteiger partial charge in [0, 0.05) is 19.1 Å². The Bertz CT molecular complexity index is 746. The number of amides is 1. The fourth-order valence-corrected chi connectivity index (χ4v) is 3.89. The molecule has 3 atom stereocenters. The second kappa shape index (κ2) is 6.53. The zero-order valence-corrected chi connectivity index (χ0v) is 14.4. The lowest BCUT2D eigenvalue weighted by Gasteiger charge is -2.17. The summed E-state index contributed by atoms with van der Waals surface area (Å²) >= 11 is 0. The lowest BCUT2D eigenvalue weighted by molar-refractivity contribution is 0.0773. The molecule has 128 valence electrons. The van der Waals surface area contributed by atoms with E-state index in [1.54, 1.807) is 10.9 Å². The first kappa shape index (κ1) is 16.9. The number of aryl methyl sites for hydroxylation is 1. The Labute approximate surface area is 147 Å². The predicted molar refractivity (Wildman–Crippen MR) is 93.4 cm³/mol. The molecular formula is C17H22ClN5O. The standard InChI is InChI=1S/C17H21N5O.ClH/c1-11-3-2-4-13(7-11)22-10-16(19-20-22)17(23)21-8-12-5-6-15(18)14(12)9-21;/h2-4,7,10,12,14-15H,5-6,8-9,18H2,1H3;1H. The van der Waals surface area contributed by atoms with E-state index in [-0.39, 0.29) is 24.4 Å². The van der Waals surface area contributed by atoms with Crippen molar-refractivity contribution < 1.29 is 4.79 Å². The Kier molecular flexibility index (Phi) is 4.60. The summed E-state index contributed by atoms with van der Waals surface area (Å²) < 4.78 is 1.66. The third kappa shape index (κ3) is 2.91. The first-order valence-electron chi connectivity index (χ1n) is 8.16. The first-order chi connectivity index (χ1) is 11.1. The van der Waals surface area contributed by atoms with E-state index >= 15 is 0 Å². The van der Waals surface area contributed by atoms with Gasteiger partial charge in [-0.1, -0.05) is 17.3 Å². The van der Waals surface area contributed by atoms with Gasteiger partial charge < -0.3 is 10.6 Å². The van der Waals surface area contributed by atoms with Crippen molar-refractivity contribution in [1.29, 1.82) is 0 Å². The van der Waals surface area contributed by atoms with Gasteiger partial charge in [-0.05, 0) is 49.3 Å².